The Bertz CT molecular complexity index is 504. The Hall–Kier alpha value is -2.00. The molecule has 0 saturated carbocycles. The van der Waals surface area contributed by atoms with Gasteiger partial charge in [-0.2, -0.15) is 0 Å². The Morgan fingerprint density at radius 3 is 2.20 bits per heavy atom. The largest absolute Gasteiger partial charge is 0.457 e. The van der Waals surface area contributed by atoms with Gasteiger partial charge < -0.3 is 23.7 Å². The highest BCUT2D eigenvalue weighted by Crippen LogP contribution is 2.30. The van der Waals surface area contributed by atoms with E-state index in [0.717, 1.165) is 19.3 Å². The molecule has 4 atom stereocenters. The normalized spacial score (nSPS) is 27.4. The third-order valence-electron chi connectivity index (χ3n) is 3.88. The van der Waals surface area contributed by atoms with Gasteiger partial charge in [-0.15, -0.1) is 0 Å². The van der Waals surface area contributed by atoms with Gasteiger partial charge in [-0.1, -0.05) is 26.2 Å². The molecule has 2 aliphatic rings. The highest BCUT2D eigenvalue weighted by Gasteiger charge is 2.51. The highest BCUT2D eigenvalue weighted by molar-refractivity contribution is 6.29. The Balaban J connectivity index is 1.74. The number of unbranched alkanes of at least 4 members (excludes halogenated alkanes) is 3. The number of esters is 3. The van der Waals surface area contributed by atoms with E-state index in [0.29, 0.717) is 6.42 Å². The molecule has 2 aliphatic heterocycles. The molecule has 0 bridgehead atoms. The summed E-state index contributed by atoms with van der Waals surface area (Å²) in [6.07, 6.45) is 0.411. The van der Waals surface area contributed by atoms with E-state index in [2.05, 4.69) is 6.92 Å². The van der Waals surface area contributed by atoms with Crippen LogP contribution in [0, 0.1) is 6.92 Å². The Kier molecular flexibility index (Phi) is 7.32. The first kappa shape index (κ1) is 19.3. The topological polar surface area (TPSA) is 114 Å². The number of carbonyl (C=O) groups excluding carboxylic acids is 4. The zero-order chi connectivity index (χ0) is 18.2. The third kappa shape index (κ3) is 5.23. The second-order valence-corrected chi connectivity index (χ2v) is 5.68. The van der Waals surface area contributed by atoms with Gasteiger partial charge in [0.25, 0.3) is 0 Å². The summed E-state index contributed by atoms with van der Waals surface area (Å²) in [5.74, 6) is -3.22. The van der Waals surface area contributed by atoms with E-state index in [4.69, 9.17) is 23.7 Å². The van der Waals surface area contributed by atoms with Gasteiger partial charge in [0.2, 0.25) is 6.29 Å². The summed E-state index contributed by atoms with van der Waals surface area (Å²) in [7, 11) is 0. The number of aldehydes is 1. The quantitative estimate of drug-likeness (QED) is 0.191. The van der Waals surface area contributed by atoms with Crippen LogP contribution >= 0.6 is 0 Å². The first-order chi connectivity index (χ1) is 12.1. The van der Waals surface area contributed by atoms with Crippen LogP contribution in [0.3, 0.4) is 0 Å². The molecule has 2 heterocycles. The van der Waals surface area contributed by atoms with Crippen molar-refractivity contribution in [2.24, 2.45) is 0 Å². The van der Waals surface area contributed by atoms with Crippen LogP contribution in [-0.4, -0.2) is 68.4 Å². The van der Waals surface area contributed by atoms with E-state index in [9.17, 15) is 19.2 Å². The molecule has 0 amide bonds. The van der Waals surface area contributed by atoms with Gasteiger partial charge in [-0.25, -0.2) is 14.4 Å². The van der Waals surface area contributed by atoms with E-state index in [-0.39, 0.29) is 26.1 Å². The molecule has 25 heavy (non-hydrogen) atoms. The molecule has 139 valence electrons. The highest BCUT2D eigenvalue weighted by atomic mass is 16.7. The Morgan fingerprint density at radius 1 is 0.960 bits per heavy atom. The van der Waals surface area contributed by atoms with Crippen LogP contribution in [0.15, 0.2) is 0 Å². The molecule has 0 spiro atoms. The SMILES string of the molecule is [CH2]CCCCCOC(=O)C(=O)O[C@H]1COC2C1OC[C@H]2OC(=O)C=O. The van der Waals surface area contributed by atoms with Crippen molar-refractivity contribution in [3.8, 4) is 0 Å². The average molecular weight is 357 g/mol. The lowest BCUT2D eigenvalue weighted by Crippen LogP contribution is -2.37. The Morgan fingerprint density at radius 2 is 1.60 bits per heavy atom. The molecular weight excluding hydrogens is 336 g/mol. The molecule has 2 rings (SSSR count). The molecule has 9 nitrogen and oxygen atoms in total. The maximum Gasteiger partial charge on any atom is 0.417 e. The van der Waals surface area contributed by atoms with Crippen LogP contribution < -0.4 is 0 Å². The maximum absolute atomic E-state index is 11.8. The number of rotatable bonds is 8. The zero-order valence-electron chi connectivity index (χ0n) is 13.7. The van der Waals surface area contributed by atoms with Gasteiger partial charge in [0, 0.05) is 0 Å². The summed E-state index contributed by atoms with van der Waals surface area (Å²) in [6, 6.07) is 0. The van der Waals surface area contributed by atoms with E-state index in [1.807, 2.05) is 0 Å². The van der Waals surface area contributed by atoms with Gasteiger partial charge in [0.05, 0.1) is 19.8 Å². The van der Waals surface area contributed by atoms with E-state index < -0.39 is 42.3 Å². The van der Waals surface area contributed by atoms with Crippen LogP contribution in [0.25, 0.3) is 0 Å². The average Bonchev–Trinajstić information content (AvgIpc) is 3.18. The molecule has 0 aromatic rings. The van der Waals surface area contributed by atoms with Crippen molar-refractivity contribution in [3.05, 3.63) is 6.92 Å². The first-order valence-electron chi connectivity index (χ1n) is 8.12. The fourth-order valence-electron chi connectivity index (χ4n) is 2.67. The number of ether oxygens (including phenoxy) is 5. The molecule has 0 aliphatic carbocycles. The summed E-state index contributed by atoms with van der Waals surface area (Å²) in [4.78, 5) is 44.7. The minimum atomic E-state index is -1.12. The van der Waals surface area contributed by atoms with Crippen LogP contribution in [0.1, 0.15) is 25.7 Å². The van der Waals surface area contributed by atoms with Crippen molar-refractivity contribution in [3.63, 3.8) is 0 Å². The predicted molar refractivity (Wildman–Crippen MR) is 80.1 cm³/mol. The molecule has 2 fully saturated rings. The Labute approximate surface area is 144 Å². The molecule has 2 saturated heterocycles. The van der Waals surface area contributed by atoms with Crippen molar-refractivity contribution in [1.29, 1.82) is 0 Å². The summed E-state index contributed by atoms with van der Waals surface area (Å²) >= 11 is 0. The minimum absolute atomic E-state index is 0.00695. The molecule has 0 aromatic carbocycles. The van der Waals surface area contributed by atoms with Crippen LogP contribution in [0.4, 0.5) is 0 Å². The number of hydrogen-bond donors (Lipinski definition) is 0. The van der Waals surface area contributed by atoms with E-state index in [1.165, 1.54) is 0 Å². The van der Waals surface area contributed by atoms with Gasteiger partial charge in [0.1, 0.15) is 12.2 Å². The third-order valence-corrected chi connectivity index (χ3v) is 3.88. The van der Waals surface area contributed by atoms with E-state index in [1.54, 1.807) is 0 Å². The van der Waals surface area contributed by atoms with Crippen LogP contribution in [-0.2, 0) is 42.9 Å². The standard InChI is InChI=1S/C16H21O9/c1-2-3-4-5-6-21-15(19)16(20)25-11-9-23-13-10(8-22-14(11)13)24-12(18)7-17/h7,10-11,13-14H,1-6,8-9H2/t10-,11+,13?,14?/m1/s1. The molecule has 0 N–H and O–H groups in total. The first-order valence-corrected chi connectivity index (χ1v) is 8.12. The van der Waals surface area contributed by atoms with Crippen molar-refractivity contribution < 1.29 is 42.9 Å². The minimum Gasteiger partial charge on any atom is -0.457 e. The zero-order valence-corrected chi connectivity index (χ0v) is 13.7. The van der Waals surface area contributed by atoms with Gasteiger partial charge in [-0.05, 0) is 6.42 Å². The second kappa shape index (κ2) is 9.47. The number of hydrogen-bond acceptors (Lipinski definition) is 9. The van der Waals surface area contributed by atoms with E-state index >= 15 is 0 Å². The number of carbonyl (C=O) groups is 4. The molecule has 2 unspecified atom stereocenters. The smallest absolute Gasteiger partial charge is 0.417 e. The molecule has 9 heteroatoms. The second-order valence-electron chi connectivity index (χ2n) is 5.68. The lowest BCUT2D eigenvalue weighted by molar-refractivity contribution is -0.173. The summed E-state index contributed by atoms with van der Waals surface area (Å²) in [5.41, 5.74) is 0. The molecular formula is C16H21O9. The van der Waals surface area contributed by atoms with Crippen molar-refractivity contribution in [2.45, 2.75) is 50.1 Å². The lowest BCUT2D eigenvalue weighted by atomic mass is 10.1. The van der Waals surface area contributed by atoms with Gasteiger partial charge in [0.15, 0.2) is 12.2 Å². The van der Waals surface area contributed by atoms with Gasteiger partial charge >= 0.3 is 17.9 Å². The summed E-state index contributed by atoms with van der Waals surface area (Å²) in [6.45, 7) is 3.85. The maximum atomic E-state index is 11.8. The monoisotopic (exact) mass is 357 g/mol. The van der Waals surface area contributed by atoms with Gasteiger partial charge in [-0.3, -0.25) is 4.79 Å². The summed E-state index contributed by atoms with van der Waals surface area (Å²) in [5, 5.41) is 0. The molecule has 0 aromatic heterocycles. The fraction of sp³-hybridized carbons (Fsp3) is 0.688. The summed E-state index contributed by atoms with van der Waals surface area (Å²) < 4.78 is 25.6. The van der Waals surface area contributed by atoms with Crippen LogP contribution in [0.2, 0.25) is 0 Å². The van der Waals surface area contributed by atoms with Crippen molar-refractivity contribution >= 4 is 24.2 Å². The fourth-order valence-corrected chi connectivity index (χ4v) is 2.67. The van der Waals surface area contributed by atoms with Crippen molar-refractivity contribution in [1.82, 2.24) is 0 Å². The number of fused-ring (bicyclic) bond motifs is 1. The van der Waals surface area contributed by atoms with Crippen molar-refractivity contribution in [2.75, 3.05) is 19.8 Å². The molecule has 1 radical (unpaired) electrons. The lowest BCUT2D eigenvalue weighted by Gasteiger charge is -2.16. The van der Waals surface area contributed by atoms with Crippen LogP contribution in [0.5, 0.6) is 0 Å². The predicted octanol–water partition coefficient (Wildman–Crippen LogP) is -0.256.